The molecule has 0 aliphatic heterocycles. The van der Waals surface area contributed by atoms with Gasteiger partial charge in [0.05, 0.1) is 10.5 Å². The molecule has 0 saturated heterocycles. The molecule has 0 aromatic heterocycles. The number of carbonyl (C=O) groups is 1. The zero-order valence-electron chi connectivity index (χ0n) is 15.2. The van der Waals surface area contributed by atoms with Gasteiger partial charge >= 0.3 is 0 Å². The summed E-state index contributed by atoms with van der Waals surface area (Å²) in [5, 5.41) is 3.24. The van der Waals surface area contributed by atoms with E-state index in [4.69, 9.17) is 11.6 Å². The largest absolute Gasteiger partial charge is 0.352 e. The van der Waals surface area contributed by atoms with Crippen molar-refractivity contribution in [3.63, 3.8) is 0 Å². The van der Waals surface area contributed by atoms with Gasteiger partial charge in [-0.05, 0) is 42.3 Å². The minimum atomic E-state index is -3.77. The summed E-state index contributed by atoms with van der Waals surface area (Å²) >= 11 is 5.82. The first-order valence-corrected chi connectivity index (χ1v) is 10.4. The second-order valence-corrected chi connectivity index (χ2v) is 8.24. The van der Waals surface area contributed by atoms with Gasteiger partial charge in [-0.15, -0.1) is 0 Å². The van der Waals surface area contributed by atoms with Crippen LogP contribution in [0.15, 0.2) is 47.4 Å². The third-order valence-corrected chi connectivity index (χ3v) is 6.44. The number of nitrogens with one attached hydrogen (secondary N) is 1. The zero-order chi connectivity index (χ0) is 20.0. The van der Waals surface area contributed by atoms with Gasteiger partial charge in [0.2, 0.25) is 10.0 Å². The molecule has 5 nitrogen and oxygen atoms in total. The van der Waals surface area contributed by atoms with E-state index in [1.807, 2.05) is 12.1 Å². The van der Waals surface area contributed by atoms with Gasteiger partial charge in [0, 0.05) is 24.7 Å². The monoisotopic (exact) mass is 412 g/mol. The van der Waals surface area contributed by atoms with Crippen LogP contribution in [0.25, 0.3) is 0 Å². The van der Waals surface area contributed by atoms with Gasteiger partial charge < -0.3 is 5.32 Å². The van der Waals surface area contributed by atoms with E-state index in [9.17, 15) is 17.6 Å². The molecule has 8 heteroatoms. The van der Waals surface area contributed by atoms with Crippen molar-refractivity contribution in [2.75, 3.05) is 19.6 Å². The number of carbonyl (C=O) groups excluding carboxylic acids is 1. The van der Waals surface area contributed by atoms with Crippen LogP contribution in [0.1, 0.15) is 29.8 Å². The molecule has 1 N–H and O–H groups in total. The minimum absolute atomic E-state index is 0.101. The molecule has 0 aliphatic carbocycles. The van der Waals surface area contributed by atoms with Crippen molar-refractivity contribution in [2.45, 2.75) is 25.2 Å². The molecule has 0 bridgehead atoms. The second-order valence-electron chi connectivity index (χ2n) is 5.86. The molecule has 146 valence electrons. The number of hydrogen-bond donors (Lipinski definition) is 1. The maximum Gasteiger partial charge on any atom is 0.254 e. The van der Waals surface area contributed by atoms with Crippen molar-refractivity contribution >= 4 is 27.5 Å². The van der Waals surface area contributed by atoms with Gasteiger partial charge in [-0.25, -0.2) is 12.8 Å². The highest BCUT2D eigenvalue weighted by molar-refractivity contribution is 7.89. The summed E-state index contributed by atoms with van der Waals surface area (Å²) in [6, 6.07) is 10.4. The molecule has 0 heterocycles. The SMILES string of the molecule is CCN(CC)S(=O)(=O)c1ccc(F)c(C(=O)NCCc2ccc(Cl)cc2)c1. The summed E-state index contributed by atoms with van der Waals surface area (Å²) < 4.78 is 40.5. The molecule has 2 aromatic rings. The van der Waals surface area contributed by atoms with Gasteiger partial charge in [-0.3, -0.25) is 4.79 Å². The molecule has 0 spiro atoms. The molecule has 0 unspecified atom stereocenters. The Bertz CT molecular complexity index is 898. The molecule has 0 aliphatic rings. The number of hydrogen-bond acceptors (Lipinski definition) is 3. The normalized spacial score (nSPS) is 11.6. The van der Waals surface area contributed by atoms with Gasteiger partial charge in [0.15, 0.2) is 0 Å². The van der Waals surface area contributed by atoms with Crippen LogP contribution in [0.4, 0.5) is 4.39 Å². The predicted octanol–water partition coefficient (Wildman–Crippen LogP) is 3.48. The number of nitrogens with zero attached hydrogens (tertiary/aromatic N) is 1. The van der Waals surface area contributed by atoms with Crippen LogP contribution in [0.5, 0.6) is 0 Å². The minimum Gasteiger partial charge on any atom is -0.352 e. The van der Waals surface area contributed by atoms with E-state index in [1.54, 1.807) is 26.0 Å². The Balaban J connectivity index is 2.12. The average Bonchev–Trinajstić information content (AvgIpc) is 2.64. The van der Waals surface area contributed by atoms with Crippen LogP contribution in [0, 0.1) is 5.82 Å². The Hall–Kier alpha value is -1.96. The zero-order valence-corrected chi connectivity index (χ0v) is 16.8. The van der Waals surface area contributed by atoms with E-state index in [-0.39, 0.29) is 17.0 Å². The number of amides is 1. The number of halogens is 2. The topological polar surface area (TPSA) is 66.5 Å². The number of benzene rings is 2. The Morgan fingerprint density at radius 3 is 2.33 bits per heavy atom. The fourth-order valence-electron chi connectivity index (χ4n) is 2.62. The molecule has 0 fully saturated rings. The molecule has 0 atom stereocenters. The van der Waals surface area contributed by atoms with Crippen molar-refractivity contribution in [1.29, 1.82) is 0 Å². The average molecular weight is 413 g/mol. The van der Waals surface area contributed by atoms with Crippen molar-refractivity contribution in [2.24, 2.45) is 0 Å². The maximum atomic E-state index is 14.1. The smallest absolute Gasteiger partial charge is 0.254 e. The van der Waals surface area contributed by atoms with Crippen molar-refractivity contribution in [3.8, 4) is 0 Å². The fraction of sp³-hybridized carbons (Fsp3) is 0.316. The van der Waals surface area contributed by atoms with Crippen LogP contribution in [-0.2, 0) is 16.4 Å². The Labute approximate surface area is 164 Å². The van der Waals surface area contributed by atoms with Crippen LogP contribution in [0.3, 0.4) is 0 Å². The van der Waals surface area contributed by atoms with E-state index in [2.05, 4.69) is 5.32 Å². The molecule has 2 aromatic carbocycles. The Morgan fingerprint density at radius 1 is 1.11 bits per heavy atom. The fourth-order valence-corrected chi connectivity index (χ4v) is 4.23. The molecular weight excluding hydrogens is 391 g/mol. The summed E-state index contributed by atoms with van der Waals surface area (Å²) in [5.74, 6) is -1.42. The van der Waals surface area contributed by atoms with Crippen LogP contribution < -0.4 is 5.32 Å². The first-order valence-electron chi connectivity index (χ1n) is 8.62. The van der Waals surface area contributed by atoms with Crippen LogP contribution in [-0.4, -0.2) is 38.3 Å². The highest BCUT2D eigenvalue weighted by Gasteiger charge is 2.24. The maximum absolute atomic E-state index is 14.1. The standard InChI is InChI=1S/C19H22ClFN2O3S/c1-3-23(4-2)27(25,26)16-9-10-18(21)17(13-16)19(24)22-12-11-14-5-7-15(20)8-6-14/h5-10,13H,3-4,11-12H2,1-2H3,(H,22,24). The number of sulfonamides is 1. The van der Waals surface area contributed by atoms with E-state index in [0.29, 0.717) is 24.5 Å². The molecular formula is C19H22ClFN2O3S. The van der Waals surface area contributed by atoms with Crippen molar-refractivity contribution in [3.05, 3.63) is 64.4 Å². The molecule has 1 amide bonds. The highest BCUT2D eigenvalue weighted by Crippen LogP contribution is 2.19. The summed E-state index contributed by atoms with van der Waals surface area (Å²) in [5.41, 5.74) is 0.678. The Kier molecular flexibility index (Phi) is 7.35. The molecule has 0 radical (unpaired) electrons. The van der Waals surface area contributed by atoms with Crippen LogP contribution >= 0.6 is 11.6 Å². The van der Waals surface area contributed by atoms with Crippen LogP contribution in [0.2, 0.25) is 5.02 Å². The first-order chi connectivity index (χ1) is 12.8. The summed E-state index contributed by atoms with van der Waals surface area (Å²) in [6.45, 7) is 4.30. The molecule has 2 rings (SSSR count). The van der Waals surface area contributed by atoms with Gasteiger partial charge in [-0.1, -0.05) is 37.6 Å². The lowest BCUT2D eigenvalue weighted by Crippen LogP contribution is -2.31. The third-order valence-electron chi connectivity index (χ3n) is 4.14. The molecule has 27 heavy (non-hydrogen) atoms. The van der Waals surface area contributed by atoms with E-state index in [1.165, 1.54) is 10.4 Å². The van der Waals surface area contributed by atoms with Gasteiger partial charge in [0.1, 0.15) is 5.82 Å². The van der Waals surface area contributed by atoms with Crippen molar-refractivity contribution < 1.29 is 17.6 Å². The van der Waals surface area contributed by atoms with E-state index in [0.717, 1.165) is 17.7 Å². The summed E-state index contributed by atoms with van der Waals surface area (Å²) in [6.07, 6.45) is 0.544. The third kappa shape index (κ3) is 5.28. The van der Waals surface area contributed by atoms with Gasteiger partial charge in [-0.2, -0.15) is 4.31 Å². The van der Waals surface area contributed by atoms with Gasteiger partial charge in [0.25, 0.3) is 5.91 Å². The van der Waals surface area contributed by atoms with Crippen molar-refractivity contribution in [1.82, 2.24) is 9.62 Å². The summed E-state index contributed by atoms with van der Waals surface area (Å²) in [4.78, 5) is 12.2. The second kappa shape index (κ2) is 9.30. The quantitative estimate of drug-likeness (QED) is 0.721. The lowest BCUT2D eigenvalue weighted by Gasteiger charge is -2.19. The lowest BCUT2D eigenvalue weighted by atomic mass is 10.1. The highest BCUT2D eigenvalue weighted by atomic mass is 35.5. The predicted molar refractivity (Wildman–Crippen MR) is 104 cm³/mol. The lowest BCUT2D eigenvalue weighted by molar-refractivity contribution is 0.0950. The number of rotatable bonds is 8. The Morgan fingerprint density at radius 2 is 1.74 bits per heavy atom. The molecule has 0 saturated carbocycles. The summed E-state index contributed by atoms with van der Waals surface area (Å²) in [7, 11) is -3.77. The van der Waals surface area contributed by atoms with E-state index >= 15 is 0 Å². The first kappa shape index (κ1) is 21.3. The van der Waals surface area contributed by atoms with E-state index < -0.39 is 21.7 Å².